The van der Waals surface area contributed by atoms with Crippen LogP contribution in [0.25, 0.3) is 0 Å². The lowest BCUT2D eigenvalue weighted by Gasteiger charge is -2.01. The van der Waals surface area contributed by atoms with Gasteiger partial charge in [-0.15, -0.1) is 0 Å². The predicted octanol–water partition coefficient (Wildman–Crippen LogP) is 3.47. The van der Waals surface area contributed by atoms with E-state index in [9.17, 15) is 0 Å². The molecule has 1 aromatic heterocycles. The summed E-state index contributed by atoms with van der Waals surface area (Å²) in [5.74, 6) is 0.886. The normalized spacial score (nSPS) is 11.3. The van der Waals surface area contributed by atoms with Crippen LogP contribution in [0.4, 0.5) is 0 Å². The second kappa shape index (κ2) is 6.43. The third-order valence-electron chi connectivity index (χ3n) is 2.97. The number of hydrogen-bond donors (Lipinski definition) is 1. The number of nitrogens with one attached hydrogen (secondary N) is 1. The van der Waals surface area contributed by atoms with Gasteiger partial charge < -0.3 is 0 Å². The van der Waals surface area contributed by atoms with Crippen LogP contribution in [0.1, 0.15) is 36.7 Å². The van der Waals surface area contributed by atoms with Gasteiger partial charge in [0.2, 0.25) is 4.77 Å². The number of aromatic nitrogens is 3. The van der Waals surface area contributed by atoms with Crippen LogP contribution in [0, 0.1) is 11.7 Å². The molecule has 0 unspecified atom stereocenters. The van der Waals surface area contributed by atoms with Crippen LogP contribution in [-0.4, -0.2) is 21.1 Å². The smallest absolute Gasteiger partial charge is 0.216 e. The monoisotopic (exact) mass is 274 g/mol. The zero-order valence-electron chi connectivity index (χ0n) is 11.3. The summed E-state index contributed by atoms with van der Waals surface area (Å²) in [6.45, 7) is 4.22. The molecule has 19 heavy (non-hydrogen) atoms. The van der Waals surface area contributed by atoms with Crippen molar-refractivity contribution in [1.29, 1.82) is 0 Å². The number of rotatable bonds is 5. The molecule has 0 spiro atoms. The van der Waals surface area contributed by atoms with E-state index in [-0.39, 0.29) is 0 Å². The molecule has 5 heteroatoms. The highest BCUT2D eigenvalue weighted by atomic mass is 32.1. The highest BCUT2D eigenvalue weighted by Gasteiger charge is 2.03. The molecule has 0 saturated heterocycles. The van der Waals surface area contributed by atoms with Crippen LogP contribution < -0.4 is 0 Å². The standard InChI is InChI=1S/C14H18N4S/c1-3-4-9-13-16-17-14(19)18(13)15-10-12-8-6-5-7-11(12)2/h5-8,10H,3-4,9H2,1-2H3,(H,17,19)/b15-10-. The fourth-order valence-corrected chi connectivity index (χ4v) is 1.99. The third-order valence-corrected chi connectivity index (χ3v) is 3.24. The summed E-state index contributed by atoms with van der Waals surface area (Å²) >= 11 is 5.20. The van der Waals surface area contributed by atoms with Gasteiger partial charge in [0.15, 0.2) is 5.82 Å². The van der Waals surface area contributed by atoms with Crippen LogP contribution >= 0.6 is 12.2 Å². The molecule has 0 aliphatic heterocycles. The fourth-order valence-electron chi connectivity index (χ4n) is 1.79. The summed E-state index contributed by atoms with van der Waals surface area (Å²) in [5.41, 5.74) is 2.28. The lowest BCUT2D eigenvalue weighted by molar-refractivity contribution is 0.700. The maximum atomic E-state index is 5.20. The topological polar surface area (TPSA) is 46.0 Å². The van der Waals surface area contributed by atoms with Gasteiger partial charge in [0.25, 0.3) is 0 Å². The number of nitrogens with zero attached hydrogens (tertiary/aromatic N) is 3. The van der Waals surface area contributed by atoms with Crippen molar-refractivity contribution in [2.24, 2.45) is 5.10 Å². The lowest BCUT2D eigenvalue weighted by Crippen LogP contribution is -1.99. The molecule has 1 N–H and O–H groups in total. The minimum absolute atomic E-state index is 0.538. The Kier molecular flexibility index (Phi) is 4.63. The zero-order chi connectivity index (χ0) is 13.7. The van der Waals surface area contributed by atoms with Crippen molar-refractivity contribution >= 4 is 18.4 Å². The number of H-pyrrole nitrogens is 1. The van der Waals surface area contributed by atoms with E-state index in [0.717, 1.165) is 30.7 Å². The maximum Gasteiger partial charge on any atom is 0.216 e. The molecule has 4 nitrogen and oxygen atoms in total. The second-order valence-corrected chi connectivity index (χ2v) is 4.85. The Bertz CT molecular complexity index is 624. The minimum atomic E-state index is 0.538. The quantitative estimate of drug-likeness (QED) is 0.670. The highest BCUT2D eigenvalue weighted by molar-refractivity contribution is 7.71. The van der Waals surface area contributed by atoms with Gasteiger partial charge in [-0.25, -0.2) is 0 Å². The average Bonchev–Trinajstić information content (AvgIpc) is 2.76. The van der Waals surface area contributed by atoms with E-state index in [1.807, 2.05) is 24.4 Å². The van der Waals surface area contributed by atoms with Gasteiger partial charge in [-0.05, 0) is 36.7 Å². The first-order chi connectivity index (χ1) is 9.22. The molecule has 1 heterocycles. The van der Waals surface area contributed by atoms with E-state index in [1.165, 1.54) is 5.56 Å². The van der Waals surface area contributed by atoms with E-state index in [0.29, 0.717) is 4.77 Å². The van der Waals surface area contributed by atoms with Crippen molar-refractivity contribution in [3.8, 4) is 0 Å². The van der Waals surface area contributed by atoms with Crippen molar-refractivity contribution in [3.63, 3.8) is 0 Å². The van der Waals surface area contributed by atoms with Gasteiger partial charge in [0.05, 0.1) is 6.21 Å². The molecule has 0 aliphatic carbocycles. The van der Waals surface area contributed by atoms with Gasteiger partial charge in [0, 0.05) is 6.42 Å². The minimum Gasteiger partial charge on any atom is -0.250 e. The Hall–Kier alpha value is -1.75. The Morgan fingerprint density at radius 1 is 1.42 bits per heavy atom. The lowest BCUT2D eigenvalue weighted by atomic mass is 10.1. The molecule has 0 fully saturated rings. The van der Waals surface area contributed by atoms with Gasteiger partial charge in [-0.3, -0.25) is 5.10 Å². The summed E-state index contributed by atoms with van der Waals surface area (Å²) in [6.07, 6.45) is 4.92. The van der Waals surface area contributed by atoms with Gasteiger partial charge >= 0.3 is 0 Å². The summed E-state index contributed by atoms with van der Waals surface area (Å²) < 4.78 is 2.24. The summed E-state index contributed by atoms with van der Waals surface area (Å²) in [5, 5.41) is 11.5. The highest BCUT2D eigenvalue weighted by Crippen LogP contribution is 2.06. The fraction of sp³-hybridized carbons (Fsp3) is 0.357. The van der Waals surface area contributed by atoms with Crippen LogP contribution in [0.3, 0.4) is 0 Å². The van der Waals surface area contributed by atoms with Crippen molar-refractivity contribution in [2.45, 2.75) is 33.1 Å². The second-order valence-electron chi connectivity index (χ2n) is 4.46. The largest absolute Gasteiger partial charge is 0.250 e. The van der Waals surface area contributed by atoms with Gasteiger partial charge in [-0.1, -0.05) is 37.6 Å². The van der Waals surface area contributed by atoms with Crippen LogP contribution in [0.5, 0.6) is 0 Å². The summed E-state index contributed by atoms with van der Waals surface area (Å²) in [6, 6.07) is 8.12. The van der Waals surface area contributed by atoms with E-state index < -0.39 is 0 Å². The molecule has 0 radical (unpaired) electrons. The Morgan fingerprint density at radius 3 is 2.95 bits per heavy atom. The number of unbranched alkanes of at least 4 members (excludes halogenated alkanes) is 1. The number of benzene rings is 1. The van der Waals surface area contributed by atoms with Crippen molar-refractivity contribution in [2.75, 3.05) is 0 Å². The van der Waals surface area contributed by atoms with Gasteiger partial charge in [0.1, 0.15) is 0 Å². The third kappa shape index (κ3) is 3.38. The van der Waals surface area contributed by atoms with E-state index >= 15 is 0 Å². The first kappa shape index (κ1) is 13.7. The van der Waals surface area contributed by atoms with Crippen molar-refractivity contribution < 1.29 is 0 Å². The Labute approximate surface area is 118 Å². The first-order valence-corrected chi connectivity index (χ1v) is 6.89. The molecule has 0 atom stereocenters. The van der Waals surface area contributed by atoms with Gasteiger partial charge in [-0.2, -0.15) is 14.9 Å². The molecular formula is C14H18N4S. The van der Waals surface area contributed by atoms with Crippen LogP contribution in [-0.2, 0) is 6.42 Å². The predicted molar refractivity (Wildman–Crippen MR) is 80.2 cm³/mol. The average molecular weight is 274 g/mol. The Morgan fingerprint density at radius 2 is 2.21 bits per heavy atom. The molecule has 0 amide bonds. The molecule has 1 aromatic carbocycles. The molecule has 2 aromatic rings. The molecular weight excluding hydrogens is 256 g/mol. The molecule has 2 rings (SSSR count). The first-order valence-electron chi connectivity index (χ1n) is 6.48. The maximum absolute atomic E-state index is 5.20. The number of aryl methyl sites for hydroxylation is 2. The van der Waals surface area contributed by atoms with Crippen LogP contribution in [0.15, 0.2) is 29.4 Å². The number of hydrogen-bond acceptors (Lipinski definition) is 3. The molecule has 0 aliphatic rings. The summed E-state index contributed by atoms with van der Waals surface area (Å²) in [7, 11) is 0. The zero-order valence-corrected chi connectivity index (χ0v) is 12.1. The van der Waals surface area contributed by atoms with Crippen molar-refractivity contribution in [3.05, 3.63) is 46.0 Å². The SMILES string of the molecule is CCCCc1n[nH]c(=S)n1/N=C\c1ccccc1C. The number of aromatic amines is 1. The van der Waals surface area contributed by atoms with E-state index in [1.54, 1.807) is 4.68 Å². The molecule has 100 valence electrons. The van der Waals surface area contributed by atoms with Crippen LogP contribution in [0.2, 0.25) is 0 Å². The summed E-state index contributed by atoms with van der Waals surface area (Å²) in [4.78, 5) is 0. The van der Waals surface area contributed by atoms with E-state index in [4.69, 9.17) is 12.2 Å². The van der Waals surface area contributed by atoms with E-state index in [2.05, 4.69) is 35.2 Å². The van der Waals surface area contributed by atoms with Crippen molar-refractivity contribution in [1.82, 2.24) is 14.9 Å². The molecule has 0 saturated carbocycles. The molecule has 0 bridgehead atoms. The Balaban J connectivity index is 2.26.